The largest absolute Gasteiger partial charge is 0.479 e. The Morgan fingerprint density at radius 3 is 2.26 bits per heavy atom. The van der Waals surface area contributed by atoms with Gasteiger partial charge in [-0.3, -0.25) is 0 Å². The van der Waals surface area contributed by atoms with Crippen molar-refractivity contribution in [2.24, 2.45) is 0 Å². The quantitative estimate of drug-likeness (QED) is 0.438. The second-order valence-electron chi connectivity index (χ2n) is 4.57. The molecular formula is C12H25N3O4. The van der Waals surface area contributed by atoms with Gasteiger partial charge in [-0.2, -0.15) is 0 Å². The SMILES string of the molecule is CCN(CC)CCCNC(=O)NCC(C)(O)C(=O)O. The van der Waals surface area contributed by atoms with Crippen LogP contribution in [0.1, 0.15) is 27.2 Å². The summed E-state index contributed by atoms with van der Waals surface area (Å²) in [6, 6.07) is -0.471. The topological polar surface area (TPSA) is 102 Å². The van der Waals surface area contributed by atoms with Gasteiger partial charge in [-0.25, -0.2) is 9.59 Å². The second kappa shape index (κ2) is 8.71. The van der Waals surface area contributed by atoms with Crippen LogP contribution in [-0.4, -0.2) is 65.4 Å². The number of nitrogens with one attached hydrogen (secondary N) is 2. The highest BCUT2D eigenvalue weighted by molar-refractivity contribution is 5.79. The first-order chi connectivity index (χ1) is 8.83. The van der Waals surface area contributed by atoms with E-state index in [4.69, 9.17) is 5.11 Å². The van der Waals surface area contributed by atoms with Crippen LogP contribution in [0, 0.1) is 0 Å². The van der Waals surface area contributed by atoms with Crippen molar-refractivity contribution in [1.29, 1.82) is 0 Å². The zero-order valence-electron chi connectivity index (χ0n) is 11.9. The standard InChI is InChI=1S/C12H25N3O4/c1-4-15(5-2)8-6-7-13-11(18)14-9-12(3,19)10(16)17/h19H,4-9H2,1-3H3,(H,16,17)(H2,13,14,18). The van der Waals surface area contributed by atoms with E-state index in [1.165, 1.54) is 0 Å². The summed E-state index contributed by atoms with van der Waals surface area (Å²) < 4.78 is 0. The van der Waals surface area contributed by atoms with Crippen molar-refractivity contribution < 1.29 is 19.8 Å². The maximum atomic E-state index is 11.4. The molecule has 0 aromatic rings. The summed E-state index contributed by atoms with van der Waals surface area (Å²) in [5, 5.41) is 23.0. The number of amides is 2. The molecule has 1 atom stereocenters. The average molecular weight is 275 g/mol. The number of carbonyl (C=O) groups excluding carboxylic acids is 1. The van der Waals surface area contributed by atoms with Crippen LogP contribution in [0.3, 0.4) is 0 Å². The van der Waals surface area contributed by atoms with Crippen molar-refractivity contribution in [2.45, 2.75) is 32.8 Å². The van der Waals surface area contributed by atoms with Crippen molar-refractivity contribution in [3.63, 3.8) is 0 Å². The molecule has 2 amide bonds. The van der Waals surface area contributed by atoms with Crippen LogP contribution in [0.25, 0.3) is 0 Å². The van der Waals surface area contributed by atoms with Crippen molar-refractivity contribution in [3.8, 4) is 0 Å². The highest BCUT2D eigenvalue weighted by Crippen LogP contribution is 2.00. The van der Waals surface area contributed by atoms with Crippen molar-refractivity contribution >= 4 is 12.0 Å². The third kappa shape index (κ3) is 7.63. The third-order valence-corrected chi connectivity index (χ3v) is 2.89. The average Bonchev–Trinajstić information content (AvgIpc) is 2.36. The molecule has 0 aliphatic rings. The van der Waals surface area contributed by atoms with E-state index in [0.29, 0.717) is 6.54 Å². The van der Waals surface area contributed by atoms with Gasteiger partial charge in [0.05, 0.1) is 6.54 Å². The molecule has 0 aromatic heterocycles. The molecule has 0 aromatic carbocycles. The van der Waals surface area contributed by atoms with Gasteiger partial charge >= 0.3 is 12.0 Å². The lowest BCUT2D eigenvalue weighted by atomic mass is 10.1. The third-order valence-electron chi connectivity index (χ3n) is 2.89. The molecule has 0 aliphatic carbocycles. The van der Waals surface area contributed by atoms with E-state index in [-0.39, 0.29) is 6.54 Å². The summed E-state index contributed by atoms with van der Waals surface area (Å²) >= 11 is 0. The highest BCUT2D eigenvalue weighted by atomic mass is 16.4. The number of hydrogen-bond donors (Lipinski definition) is 4. The summed E-state index contributed by atoms with van der Waals surface area (Å²) in [5.41, 5.74) is -1.95. The van der Waals surface area contributed by atoms with Crippen LogP contribution in [0.15, 0.2) is 0 Å². The van der Waals surface area contributed by atoms with Gasteiger partial charge in [0.2, 0.25) is 0 Å². The van der Waals surface area contributed by atoms with E-state index in [0.717, 1.165) is 33.0 Å². The smallest absolute Gasteiger partial charge is 0.337 e. The van der Waals surface area contributed by atoms with E-state index >= 15 is 0 Å². The van der Waals surface area contributed by atoms with Crippen LogP contribution in [-0.2, 0) is 4.79 Å². The molecule has 112 valence electrons. The summed E-state index contributed by atoms with van der Waals surface area (Å²) in [7, 11) is 0. The van der Waals surface area contributed by atoms with Crippen LogP contribution < -0.4 is 10.6 Å². The number of carboxylic acid groups (broad SMARTS) is 1. The number of urea groups is 1. The fourth-order valence-corrected chi connectivity index (χ4v) is 1.43. The van der Waals surface area contributed by atoms with E-state index in [1.807, 2.05) is 0 Å². The van der Waals surface area contributed by atoms with Gasteiger partial charge in [-0.15, -0.1) is 0 Å². The van der Waals surface area contributed by atoms with Crippen molar-refractivity contribution in [1.82, 2.24) is 15.5 Å². The highest BCUT2D eigenvalue weighted by Gasteiger charge is 2.30. The van der Waals surface area contributed by atoms with Crippen LogP contribution >= 0.6 is 0 Å². The molecule has 0 aliphatic heterocycles. The molecule has 1 unspecified atom stereocenters. The summed E-state index contributed by atoms with van der Waals surface area (Å²) in [4.78, 5) is 24.2. The van der Waals surface area contributed by atoms with Gasteiger partial charge in [-0.1, -0.05) is 13.8 Å². The van der Waals surface area contributed by atoms with Gasteiger partial charge < -0.3 is 25.7 Å². The molecule has 7 heteroatoms. The first kappa shape index (κ1) is 17.7. The predicted molar refractivity (Wildman–Crippen MR) is 72.1 cm³/mol. The first-order valence-electron chi connectivity index (χ1n) is 6.53. The number of aliphatic carboxylic acids is 1. The van der Waals surface area contributed by atoms with Gasteiger partial charge in [-0.05, 0) is 33.0 Å². The zero-order valence-corrected chi connectivity index (χ0v) is 11.9. The lowest BCUT2D eigenvalue weighted by Crippen LogP contribution is -2.49. The van der Waals surface area contributed by atoms with Gasteiger partial charge in [0, 0.05) is 6.54 Å². The lowest BCUT2D eigenvalue weighted by molar-refractivity contribution is -0.155. The molecule has 0 bridgehead atoms. The Bertz CT molecular complexity index is 291. The van der Waals surface area contributed by atoms with Crippen LogP contribution in [0.4, 0.5) is 4.79 Å². The fourth-order valence-electron chi connectivity index (χ4n) is 1.43. The molecule has 7 nitrogen and oxygen atoms in total. The maximum absolute atomic E-state index is 11.4. The number of nitrogens with zero attached hydrogens (tertiary/aromatic N) is 1. The minimum absolute atomic E-state index is 0.329. The Labute approximate surface area is 114 Å². The van der Waals surface area contributed by atoms with Crippen LogP contribution in [0.5, 0.6) is 0 Å². The first-order valence-corrected chi connectivity index (χ1v) is 6.53. The number of carbonyl (C=O) groups is 2. The zero-order chi connectivity index (χ0) is 14.9. The van der Waals surface area contributed by atoms with E-state index in [2.05, 4.69) is 29.4 Å². The summed E-state index contributed by atoms with van der Waals surface area (Å²) in [6.07, 6.45) is 0.824. The normalized spacial score (nSPS) is 13.9. The maximum Gasteiger partial charge on any atom is 0.337 e. The Morgan fingerprint density at radius 1 is 1.21 bits per heavy atom. The molecule has 0 rings (SSSR count). The van der Waals surface area contributed by atoms with Crippen LogP contribution in [0.2, 0.25) is 0 Å². The molecule has 0 radical (unpaired) electrons. The van der Waals surface area contributed by atoms with Gasteiger partial charge in [0.25, 0.3) is 0 Å². The number of hydrogen-bond acceptors (Lipinski definition) is 4. The fraction of sp³-hybridized carbons (Fsp3) is 0.833. The minimum Gasteiger partial charge on any atom is -0.479 e. The minimum atomic E-state index is -1.95. The molecule has 0 saturated heterocycles. The Morgan fingerprint density at radius 2 is 1.79 bits per heavy atom. The van der Waals surface area contributed by atoms with Crippen molar-refractivity contribution in [3.05, 3.63) is 0 Å². The molecule has 19 heavy (non-hydrogen) atoms. The van der Waals surface area contributed by atoms with E-state index < -0.39 is 17.6 Å². The molecule has 0 saturated carbocycles. The monoisotopic (exact) mass is 275 g/mol. The number of rotatable bonds is 9. The summed E-state index contributed by atoms with van der Waals surface area (Å²) in [5.74, 6) is -1.37. The Balaban J connectivity index is 3.74. The van der Waals surface area contributed by atoms with Gasteiger partial charge in [0.1, 0.15) is 0 Å². The molecule has 0 heterocycles. The summed E-state index contributed by atoms with van der Waals surface area (Å²) in [6.45, 7) is 8.33. The molecule has 0 spiro atoms. The van der Waals surface area contributed by atoms with Crippen molar-refractivity contribution in [2.75, 3.05) is 32.7 Å². The molecule has 4 N–H and O–H groups in total. The number of aliphatic hydroxyl groups is 1. The lowest BCUT2D eigenvalue weighted by Gasteiger charge is -2.19. The second-order valence-corrected chi connectivity index (χ2v) is 4.57. The van der Waals surface area contributed by atoms with Gasteiger partial charge in [0.15, 0.2) is 5.60 Å². The predicted octanol–water partition coefficient (Wildman–Crippen LogP) is -0.147. The Hall–Kier alpha value is -1.34. The van der Waals surface area contributed by atoms with E-state index in [1.54, 1.807) is 0 Å². The molecular weight excluding hydrogens is 250 g/mol. The number of carboxylic acids is 1. The molecule has 0 fully saturated rings. The Kier molecular flexibility index (Phi) is 8.09. The van der Waals surface area contributed by atoms with E-state index in [9.17, 15) is 14.7 Å².